The first-order valence-corrected chi connectivity index (χ1v) is 11.4. The van der Waals surface area contributed by atoms with Gasteiger partial charge >= 0.3 is 5.97 Å². The maximum atomic E-state index is 12.6. The Morgan fingerprint density at radius 2 is 1.84 bits per heavy atom. The smallest absolute Gasteiger partial charge is 0.309 e. The fraction of sp³-hybridized carbons (Fsp3) is 0.381. The summed E-state index contributed by atoms with van der Waals surface area (Å²) in [4.78, 5) is 28.1. The van der Waals surface area contributed by atoms with E-state index >= 15 is 0 Å². The maximum absolute atomic E-state index is 12.6. The van der Waals surface area contributed by atoms with Crippen LogP contribution >= 0.6 is 0 Å². The number of benzene rings is 1. The van der Waals surface area contributed by atoms with E-state index in [0.29, 0.717) is 25.2 Å². The lowest BCUT2D eigenvalue weighted by atomic mass is 9.98. The second-order valence-electron chi connectivity index (χ2n) is 6.99. The minimum atomic E-state index is -3.63. The quantitative estimate of drug-likeness (QED) is 0.454. The van der Waals surface area contributed by atoms with Crippen molar-refractivity contribution in [2.45, 2.75) is 17.7 Å². The van der Waals surface area contributed by atoms with Crippen molar-refractivity contribution in [3.63, 3.8) is 0 Å². The average molecular weight is 448 g/mol. The highest BCUT2D eigenvalue weighted by atomic mass is 32.2. The lowest BCUT2D eigenvalue weighted by Crippen LogP contribution is -2.41. The zero-order valence-corrected chi connectivity index (χ0v) is 17.8. The zero-order valence-electron chi connectivity index (χ0n) is 17.0. The van der Waals surface area contributed by atoms with Crippen molar-refractivity contribution in [2.75, 3.05) is 32.8 Å². The normalized spacial score (nSPS) is 15.2. The van der Waals surface area contributed by atoms with Gasteiger partial charge in [0, 0.05) is 25.5 Å². The van der Waals surface area contributed by atoms with Gasteiger partial charge in [-0.25, -0.2) is 8.42 Å². The molecule has 0 spiro atoms. The van der Waals surface area contributed by atoms with Gasteiger partial charge in [-0.1, -0.05) is 18.2 Å². The zero-order chi connectivity index (χ0) is 22.1. The Hall–Kier alpha value is -2.98. The van der Waals surface area contributed by atoms with Crippen LogP contribution in [0.3, 0.4) is 0 Å². The third-order valence-corrected chi connectivity index (χ3v) is 6.72. The first kappa shape index (κ1) is 22.7. The molecule has 0 unspecified atom stereocenters. The number of pyridine rings is 1. The average Bonchev–Trinajstić information content (AvgIpc) is 2.81. The van der Waals surface area contributed by atoms with Crippen molar-refractivity contribution in [2.24, 2.45) is 5.92 Å². The van der Waals surface area contributed by atoms with E-state index in [-0.39, 0.29) is 31.1 Å². The molecular formula is C21H25N3O6S. The Bertz CT molecular complexity index is 961. The third-order valence-electron chi connectivity index (χ3n) is 4.84. The van der Waals surface area contributed by atoms with Gasteiger partial charge in [-0.3, -0.25) is 14.6 Å². The number of para-hydroxylation sites is 1. The molecule has 1 aliphatic rings. The van der Waals surface area contributed by atoms with E-state index in [1.165, 1.54) is 22.8 Å². The summed E-state index contributed by atoms with van der Waals surface area (Å²) in [5.41, 5.74) is 0. The summed E-state index contributed by atoms with van der Waals surface area (Å²) in [5, 5.41) is 2.62. The van der Waals surface area contributed by atoms with Crippen molar-refractivity contribution in [3.05, 3.63) is 54.9 Å². The topological polar surface area (TPSA) is 115 Å². The summed E-state index contributed by atoms with van der Waals surface area (Å²) in [7, 11) is -3.63. The molecule has 1 N–H and O–H groups in total. The molecule has 1 aromatic heterocycles. The molecule has 0 atom stereocenters. The van der Waals surface area contributed by atoms with Crippen LogP contribution in [0.5, 0.6) is 5.75 Å². The summed E-state index contributed by atoms with van der Waals surface area (Å²) in [6.07, 6.45) is 3.49. The summed E-state index contributed by atoms with van der Waals surface area (Å²) >= 11 is 0. The van der Waals surface area contributed by atoms with Gasteiger partial charge in [0.1, 0.15) is 17.3 Å². The van der Waals surface area contributed by atoms with E-state index in [1.54, 1.807) is 6.07 Å². The van der Waals surface area contributed by atoms with Crippen molar-refractivity contribution in [1.29, 1.82) is 0 Å². The standard InChI is InChI=1S/C21H25N3O6S/c25-20(23-11-14-29-18-5-2-1-3-6-18)16-30-21(26)17-8-12-24(13-9-17)31(27,28)19-7-4-10-22-15-19/h1-7,10,15,17H,8-9,11-14,16H2,(H,23,25). The minimum Gasteiger partial charge on any atom is -0.492 e. The number of hydrogen-bond donors (Lipinski definition) is 1. The van der Waals surface area contributed by atoms with E-state index in [0.717, 1.165) is 0 Å². The van der Waals surface area contributed by atoms with Crippen molar-refractivity contribution in [1.82, 2.24) is 14.6 Å². The predicted molar refractivity (Wildman–Crippen MR) is 112 cm³/mol. The molecular weight excluding hydrogens is 422 g/mol. The number of ether oxygens (including phenoxy) is 2. The van der Waals surface area contributed by atoms with Gasteiger partial charge in [-0.15, -0.1) is 0 Å². The molecule has 1 amide bonds. The highest BCUT2D eigenvalue weighted by Crippen LogP contribution is 2.24. The summed E-state index contributed by atoms with van der Waals surface area (Å²) < 4.78 is 37.1. The Morgan fingerprint density at radius 3 is 2.52 bits per heavy atom. The maximum Gasteiger partial charge on any atom is 0.309 e. The number of amides is 1. The lowest BCUT2D eigenvalue weighted by Gasteiger charge is -2.29. The minimum absolute atomic E-state index is 0.129. The van der Waals surface area contributed by atoms with Gasteiger partial charge in [0.25, 0.3) is 5.91 Å². The highest BCUT2D eigenvalue weighted by Gasteiger charge is 2.33. The van der Waals surface area contributed by atoms with Gasteiger partial charge in [-0.2, -0.15) is 4.31 Å². The molecule has 166 valence electrons. The Balaban J connectivity index is 1.35. The fourth-order valence-electron chi connectivity index (χ4n) is 3.16. The number of piperidine rings is 1. The Kier molecular flexibility index (Phi) is 7.96. The Labute approximate surface area is 181 Å². The molecule has 0 bridgehead atoms. The highest BCUT2D eigenvalue weighted by molar-refractivity contribution is 7.89. The van der Waals surface area contributed by atoms with Gasteiger partial charge in [0.15, 0.2) is 6.61 Å². The summed E-state index contributed by atoms with van der Waals surface area (Å²) in [5.74, 6) is -0.634. The van der Waals surface area contributed by atoms with Crippen LogP contribution in [0.25, 0.3) is 0 Å². The first-order valence-electron chi connectivity index (χ1n) is 9.98. The summed E-state index contributed by atoms with van der Waals surface area (Å²) in [6.45, 7) is 0.627. The number of nitrogens with one attached hydrogen (secondary N) is 1. The number of aromatic nitrogens is 1. The molecule has 3 rings (SSSR count). The number of sulfonamides is 1. The SMILES string of the molecule is O=C(COC(=O)C1CCN(S(=O)(=O)c2cccnc2)CC1)NCCOc1ccccc1. The van der Waals surface area contributed by atoms with Crippen LogP contribution in [0, 0.1) is 5.92 Å². The lowest BCUT2D eigenvalue weighted by molar-refractivity contribution is -0.153. The molecule has 0 radical (unpaired) electrons. The van der Waals surface area contributed by atoms with Crippen LogP contribution < -0.4 is 10.1 Å². The number of esters is 1. The molecule has 0 saturated carbocycles. The molecule has 10 heteroatoms. The summed E-state index contributed by atoms with van der Waals surface area (Å²) in [6, 6.07) is 12.3. The van der Waals surface area contributed by atoms with Crippen LogP contribution in [-0.2, 0) is 24.3 Å². The van der Waals surface area contributed by atoms with Crippen LogP contribution in [0.1, 0.15) is 12.8 Å². The monoisotopic (exact) mass is 447 g/mol. The van der Waals surface area contributed by atoms with Gasteiger partial charge in [0.05, 0.1) is 12.5 Å². The van der Waals surface area contributed by atoms with Crippen LogP contribution in [0.2, 0.25) is 0 Å². The number of hydrogen-bond acceptors (Lipinski definition) is 7. The number of carbonyl (C=O) groups excluding carboxylic acids is 2. The van der Waals surface area contributed by atoms with Gasteiger partial charge in [0.2, 0.25) is 10.0 Å². The Morgan fingerprint density at radius 1 is 1.10 bits per heavy atom. The molecule has 2 aromatic rings. The third kappa shape index (κ3) is 6.50. The molecule has 1 aromatic carbocycles. The van der Waals surface area contributed by atoms with E-state index in [1.807, 2.05) is 30.3 Å². The second kappa shape index (κ2) is 10.9. The molecule has 1 aliphatic heterocycles. The molecule has 2 heterocycles. The van der Waals surface area contributed by atoms with Crippen molar-refractivity contribution in [3.8, 4) is 5.75 Å². The number of rotatable bonds is 9. The van der Waals surface area contributed by atoms with Crippen LogP contribution in [0.4, 0.5) is 0 Å². The molecule has 1 saturated heterocycles. The molecule has 9 nitrogen and oxygen atoms in total. The van der Waals surface area contributed by atoms with E-state index in [9.17, 15) is 18.0 Å². The predicted octanol–water partition coefficient (Wildman–Crippen LogP) is 1.22. The van der Waals surface area contributed by atoms with Gasteiger partial charge < -0.3 is 14.8 Å². The van der Waals surface area contributed by atoms with Crippen LogP contribution in [-0.4, -0.2) is 62.4 Å². The van der Waals surface area contributed by atoms with E-state index < -0.39 is 27.8 Å². The van der Waals surface area contributed by atoms with Crippen molar-refractivity contribution >= 4 is 21.9 Å². The van der Waals surface area contributed by atoms with Crippen molar-refractivity contribution < 1.29 is 27.5 Å². The fourth-order valence-corrected chi connectivity index (χ4v) is 4.60. The molecule has 31 heavy (non-hydrogen) atoms. The van der Waals surface area contributed by atoms with Crippen LogP contribution in [0.15, 0.2) is 59.8 Å². The molecule has 1 fully saturated rings. The molecule has 0 aliphatic carbocycles. The first-order chi connectivity index (χ1) is 15.0. The second-order valence-corrected chi connectivity index (χ2v) is 8.92. The van der Waals surface area contributed by atoms with E-state index in [2.05, 4.69) is 10.3 Å². The number of carbonyl (C=O) groups is 2. The van der Waals surface area contributed by atoms with Gasteiger partial charge in [-0.05, 0) is 37.1 Å². The van der Waals surface area contributed by atoms with E-state index in [4.69, 9.17) is 9.47 Å². The number of nitrogens with zero attached hydrogens (tertiary/aromatic N) is 2. The largest absolute Gasteiger partial charge is 0.492 e.